The first-order valence-corrected chi connectivity index (χ1v) is 9.94. The summed E-state index contributed by atoms with van der Waals surface area (Å²) < 4.78 is 10.5. The van der Waals surface area contributed by atoms with Gasteiger partial charge in [0.15, 0.2) is 5.76 Å². The number of amides is 1. The normalized spacial score (nSPS) is 11.1. The smallest absolute Gasteiger partial charge is 0.238 e. The lowest BCUT2D eigenvalue weighted by atomic mass is 10.1. The van der Waals surface area contributed by atoms with Crippen LogP contribution in [0.2, 0.25) is 0 Å². The number of aryl methyl sites for hydroxylation is 2. The van der Waals surface area contributed by atoms with E-state index in [0.29, 0.717) is 36.9 Å². The monoisotopic (exact) mass is 396 g/mol. The first kappa shape index (κ1) is 20.8. The number of carbonyl (C=O) groups is 1. The van der Waals surface area contributed by atoms with Crippen molar-refractivity contribution in [1.29, 1.82) is 0 Å². The maximum absolute atomic E-state index is 12.8. The highest BCUT2D eigenvalue weighted by atomic mass is 16.5. The van der Waals surface area contributed by atoms with E-state index in [0.717, 1.165) is 25.9 Å². The fraction of sp³-hybridized carbons (Fsp3) is 0.409. The van der Waals surface area contributed by atoms with Crippen molar-refractivity contribution in [3.8, 4) is 11.6 Å². The molecule has 154 valence electrons. The SMILES string of the molecule is CN(C)CCN(CCCc1ccccc1)C(=O)CCc1nc(-c2ccco2)no1. The van der Waals surface area contributed by atoms with Crippen LogP contribution in [-0.2, 0) is 17.6 Å². The lowest BCUT2D eigenvalue weighted by molar-refractivity contribution is -0.131. The molecule has 0 aliphatic rings. The van der Waals surface area contributed by atoms with Crippen molar-refractivity contribution in [2.75, 3.05) is 33.7 Å². The van der Waals surface area contributed by atoms with Crippen molar-refractivity contribution in [2.24, 2.45) is 0 Å². The van der Waals surface area contributed by atoms with Crippen LogP contribution in [0.25, 0.3) is 11.6 Å². The molecule has 0 N–H and O–H groups in total. The third-order valence-electron chi connectivity index (χ3n) is 4.67. The summed E-state index contributed by atoms with van der Waals surface area (Å²) in [4.78, 5) is 21.1. The second-order valence-electron chi connectivity index (χ2n) is 7.26. The van der Waals surface area contributed by atoms with Gasteiger partial charge < -0.3 is 18.7 Å². The van der Waals surface area contributed by atoms with E-state index in [9.17, 15) is 4.79 Å². The Balaban J connectivity index is 1.51. The highest BCUT2D eigenvalue weighted by molar-refractivity contribution is 5.76. The lowest BCUT2D eigenvalue weighted by Crippen LogP contribution is -2.37. The van der Waals surface area contributed by atoms with Crippen LogP contribution in [0.4, 0.5) is 0 Å². The molecule has 3 aromatic rings. The van der Waals surface area contributed by atoms with Gasteiger partial charge in [0, 0.05) is 32.5 Å². The molecule has 1 aromatic carbocycles. The number of hydrogen-bond acceptors (Lipinski definition) is 6. The van der Waals surface area contributed by atoms with Crippen molar-refractivity contribution in [3.63, 3.8) is 0 Å². The second-order valence-corrected chi connectivity index (χ2v) is 7.26. The van der Waals surface area contributed by atoms with Crippen LogP contribution < -0.4 is 0 Å². The Morgan fingerprint density at radius 2 is 1.83 bits per heavy atom. The van der Waals surface area contributed by atoms with E-state index in [2.05, 4.69) is 27.2 Å². The zero-order chi connectivity index (χ0) is 20.5. The summed E-state index contributed by atoms with van der Waals surface area (Å²) in [5, 5.41) is 3.91. The number of nitrogens with zero attached hydrogens (tertiary/aromatic N) is 4. The van der Waals surface area contributed by atoms with E-state index in [1.54, 1.807) is 18.4 Å². The van der Waals surface area contributed by atoms with Gasteiger partial charge in [-0.05, 0) is 44.6 Å². The van der Waals surface area contributed by atoms with E-state index in [1.807, 2.05) is 37.2 Å². The largest absolute Gasteiger partial charge is 0.461 e. The molecule has 0 spiro atoms. The Labute approximate surface area is 171 Å². The third-order valence-corrected chi connectivity index (χ3v) is 4.67. The molecule has 29 heavy (non-hydrogen) atoms. The van der Waals surface area contributed by atoms with E-state index in [1.165, 1.54) is 5.56 Å². The molecular weight excluding hydrogens is 368 g/mol. The van der Waals surface area contributed by atoms with Gasteiger partial charge in [0.25, 0.3) is 0 Å². The number of aromatic nitrogens is 2. The summed E-state index contributed by atoms with van der Waals surface area (Å²) >= 11 is 0. The van der Waals surface area contributed by atoms with Gasteiger partial charge in [0.2, 0.25) is 17.6 Å². The zero-order valence-electron chi connectivity index (χ0n) is 17.1. The standard InChI is InChI=1S/C22H28N4O3/c1-25(2)15-16-26(14-6-10-18-8-4-3-5-9-18)21(27)13-12-20-23-22(24-29-20)19-11-7-17-28-19/h3-5,7-9,11,17H,6,10,12-16H2,1-2H3. The molecule has 2 heterocycles. The number of likely N-dealkylation sites (N-methyl/N-ethyl adjacent to an activating group) is 1. The average molecular weight is 396 g/mol. The number of furan rings is 1. The fourth-order valence-corrected chi connectivity index (χ4v) is 3.03. The van der Waals surface area contributed by atoms with Crippen molar-refractivity contribution < 1.29 is 13.7 Å². The topological polar surface area (TPSA) is 75.6 Å². The minimum absolute atomic E-state index is 0.109. The molecule has 0 atom stereocenters. The van der Waals surface area contributed by atoms with Crippen molar-refractivity contribution in [3.05, 3.63) is 60.2 Å². The maximum Gasteiger partial charge on any atom is 0.238 e. The Kier molecular flexibility index (Phi) is 7.58. The van der Waals surface area contributed by atoms with Gasteiger partial charge in [-0.15, -0.1) is 0 Å². The average Bonchev–Trinajstić information content (AvgIpc) is 3.41. The molecule has 0 unspecified atom stereocenters. The molecule has 0 saturated heterocycles. The van der Waals surface area contributed by atoms with Crippen LogP contribution in [0.5, 0.6) is 0 Å². The van der Waals surface area contributed by atoms with Gasteiger partial charge in [0.1, 0.15) is 0 Å². The minimum atomic E-state index is 0.109. The fourth-order valence-electron chi connectivity index (χ4n) is 3.03. The zero-order valence-corrected chi connectivity index (χ0v) is 17.1. The summed E-state index contributed by atoms with van der Waals surface area (Å²) in [7, 11) is 4.03. The molecular formula is C22H28N4O3. The predicted molar refractivity (Wildman–Crippen MR) is 110 cm³/mol. The van der Waals surface area contributed by atoms with Crippen LogP contribution in [0.3, 0.4) is 0 Å². The molecule has 2 aromatic heterocycles. The Hall–Kier alpha value is -2.93. The first-order chi connectivity index (χ1) is 14.1. The minimum Gasteiger partial charge on any atom is -0.461 e. The van der Waals surface area contributed by atoms with Crippen LogP contribution in [0.15, 0.2) is 57.7 Å². The molecule has 0 saturated carbocycles. The summed E-state index contributed by atoms with van der Waals surface area (Å²) in [5.74, 6) is 1.52. The first-order valence-electron chi connectivity index (χ1n) is 9.94. The summed E-state index contributed by atoms with van der Waals surface area (Å²) in [6, 6.07) is 13.9. The van der Waals surface area contributed by atoms with E-state index >= 15 is 0 Å². The quantitative estimate of drug-likeness (QED) is 0.495. The Morgan fingerprint density at radius 3 is 2.55 bits per heavy atom. The van der Waals surface area contributed by atoms with Gasteiger partial charge in [-0.2, -0.15) is 4.98 Å². The molecule has 0 bridgehead atoms. The van der Waals surface area contributed by atoms with Gasteiger partial charge in [0.05, 0.1) is 6.26 Å². The van der Waals surface area contributed by atoms with Crippen LogP contribution in [-0.4, -0.2) is 59.6 Å². The Bertz CT molecular complexity index is 859. The van der Waals surface area contributed by atoms with Gasteiger partial charge in [-0.25, -0.2) is 0 Å². The van der Waals surface area contributed by atoms with Crippen LogP contribution in [0.1, 0.15) is 24.3 Å². The highest BCUT2D eigenvalue weighted by Gasteiger charge is 2.16. The number of hydrogen-bond donors (Lipinski definition) is 0. The van der Waals surface area contributed by atoms with Crippen molar-refractivity contribution >= 4 is 5.91 Å². The molecule has 0 aliphatic carbocycles. The molecule has 1 amide bonds. The van der Waals surface area contributed by atoms with Crippen molar-refractivity contribution in [1.82, 2.24) is 19.9 Å². The number of benzene rings is 1. The number of rotatable bonds is 11. The summed E-state index contributed by atoms with van der Waals surface area (Å²) in [6.07, 6.45) is 4.23. The predicted octanol–water partition coefficient (Wildman–Crippen LogP) is 3.29. The Morgan fingerprint density at radius 1 is 1.00 bits per heavy atom. The van der Waals surface area contributed by atoms with E-state index < -0.39 is 0 Å². The van der Waals surface area contributed by atoms with Crippen LogP contribution in [0, 0.1) is 0 Å². The maximum atomic E-state index is 12.8. The molecule has 3 rings (SSSR count). The molecule has 0 fully saturated rings. The summed E-state index contributed by atoms with van der Waals surface area (Å²) in [5.41, 5.74) is 1.30. The van der Waals surface area contributed by atoms with Crippen molar-refractivity contribution in [2.45, 2.75) is 25.7 Å². The molecule has 0 radical (unpaired) electrons. The van der Waals surface area contributed by atoms with Gasteiger partial charge in [-0.1, -0.05) is 35.5 Å². The van der Waals surface area contributed by atoms with E-state index in [4.69, 9.17) is 8.94 Å². The molecule has 0 aliphatic heterocycles. The van der Waals surface area contributed by atoms with Gasteiger partial charge in [-0.3, -0.25) is 4.79 Å². The summed E-state index contributed by atoms with van der Waals surface area (Å²) in [6.45, 7) is 2.28. The van der Waals surface area contributed by atoms with Gasteiger partial charge >= 0.3 is 0 Å². The second kappa shape index (κ2) is 10.6. The number of carbonyl (C=O) groups excluding carboxylic acids is 1. The van der Waals surface area contributed by atoms with E-state index in [-0.39, 0.29) is 5.91 Å². The van der Waals surface area contributed by atoms with Crippen LogP contribution >= 0.6 is 0 Å². The lowest BCUT2D eigenvalue weighted by Gasteiger charge is -2.24. The molecule has 7 heteroatoms. The molecule has 7 nitrogen and oxygen atoms in total. The highest BCUT2D eigenvalue weighted by Crippen LogP contribution is 2.16. The third kappa shape index (κ3) is 6.57.